The fraction of sp³-hybridized carbons (Fsp3) is 0.700. The third-order valence-corrected chi connectivity index (χ3v) is 3.08. The van der Waals surface area contributed by atoms with Crippen LogP contribution in [0.3, 0.4) is 0 Å². The lowest BCUT2D eigenvalue weighted by Gasteiger charge is -2.17. The number of aliphatic hydroxyl groups excluding tert-OH is 1. The first kappa shape index (κ1) is 11.5. The molecule has 1 heterocycles. The van der Waals surface area contributed by atoms with Crippen molar-refractivity contribution < 1.29 is 5.11 Å². The van der Waals surface area contributed by atoms with Gasteiger partial charge in [-0.15, -0.1) is 0 Å². The zero-order chi connectivity index (χ0) is 10.7. The second kappa shape index (κ2) is 4.80. The molecular weight excluding hydrogens is 200 g/mol. The molecule has 1 aromatic rings. The van der Waals surface area contributed by atoms with E-state index in [-0.39, 0.29) is 12.0 Å². The summed E-state index contributed by atoms with van der Waals surface area (Å²) in [5, 5.41) is 14.6. The van der Waals surface area contributed by atoms with Crippen LogP contribution < -0.4 is 0 Å². The van der Waals surface area contributed by atoms with Crippen LogP contribution in [0.4, 0.5) is 0 Å². The van der Waals surface area contributed by atoms with Gasteiger partial charge in [0.15, 0.2) is 0 Å². The minimum atomic E-state index is -0.352. The molecule has 0 radical (unpaired) electrons. The summed E-state index contributed by atoms with van der Waals surface area (Å²) in [6.45, 7) is 6.52. The summed E-state index contributed by atoms with van der Waals surface area (Å²) in [6.07, 6.45) is 2.23. The lowest BCUT2D eigenvalue weighted by molar-refractivity contribution is 0.0922. The highest BCUT2D eigenvalue weighted by Crippen LogP contribution is 2.16. The number of aliphatic hydroxyl groups is 1. The molecule has 14 heavy (non-hydrogen) atoms. The van der Waals surface area contributed by atoms with Crippen molar-refractivity contribution in [3.8, 4) is 0 Å². The second-order valence-corrected chi connectivity index (χ2v) is 4.12. The Bertz CT molecular complexity index is 298. The Morgan fingerprint density at radius 2 is 2.29 bits per heavy atom. The average molecular weight is 217 g/mol. The zero-order valence-electron chi connectivity index (χ0n) is 8.87. The van der Waals surface area contributed by atoms with Gasteiger partial charge in [0, 0.05) is 0 Å². The molecule has 1 aromatic heterocycles. The molecule has 0 amide bonds. The Hall–Kier alpha value is -0.540. The number of rotatable bonds is 4. The predicted molar refractivity (Wildman–Crippen MR) is 57.4 cm³/mol. The van der Waals surface area contributed by atoms with Crippen molar-refractivity contribution in [3.05, 3.63) is 16.9 Å². The lowest BCUT2D eigenvalue weighted by Crippen LogP contribution is -2.24. The molecule has 2 atom stereocenters. The molecule has 0 saturated carbocycles. The smallest absolute Gasteiger partial charge is 0.0814 e. The first-order valence-corrected chi connectivity index (χ1v) is 5.30. The molecule has 0 aliphatic rings. The fourth-order valence-corrected chi connectivity index (χ4v) is 1.38. The summed E-state index contributed by atoms with van der Waals surface area (Å²) in [7, 11) is 0. The van der Waals surface area contributed by atoms with E-state index in [0.29, 0.717) is 11.6 Å². The highest BCUT2D eigenvalue weighted by molar-refractivity contribution is 6.31. The molecule has 0 spiro atoms. The second-order valence-electron chi connectivity index (χ2n) is 3.71. The predicted octanol–water partition coefficient (Wildman–Crippen LogP) is 2.25. The van der Waals surface area contributed by atoms with E-state index in [1.54, 1.807) is 10.9 Å². The summed E-state index contributed by atoms with van der Waals surface area (Å²) in [6, 6.07) is 0. The normalized spacial score (nSPS) is 15.5. The summed E-state index contributed by atoms with van der Waals surface area (Å²) in [4.78, 5) is 0. The number of hydrogen-bond donors (Lipinski definition) is 1. The number of halogens is 1. The van der Waals surface area contributed by atoms with Crippen molar-refractivity contribution in [3.63, 3.8) is 0 Å². The standard InChI is InChI=1S/C10H17ClN2O/c1-4-7(2)10(14)6-13-8(3)9(11)5-12-13/h5,7,10,14H,4,6H2,1-3H3. The van der Waals surface area contributed by atoms with Crippen LogP contribution >= 0.6 is 11.6 Å². The van der Waals surface area contributed by atoms with Crippen LogP contribution in [0.2, 0.25) is 5.02 Å². The maximum absolute atomic E-state index is 9.80. The zero-order valence-corrected chi connectivity index (χ0v) is 9.62. The van der Waals surface area contributed by atoms with Gasteiger partial charge in [-0.25, -0.2) is 0 Å². The van der Waals surface area contributed by atoms with Crippen molar-refractivity contribution in [2.75, 3.05) is 0 Å². The van der Waals surface area contributed by atoms with Crippen LogP contribution in [-0.2, 0) is 6.54 Å². The molecule has 1 rings (SSSR count). The van der Waals surface area contributed by atoms with Crippen LogP contribution in [0.1, 0.15) is 26.0 Å². The SMILES string of the molecule is CCC(C)C(O)Cn1ncc(Cl)c1C. The van der Waals surface area contributed by atoms with Gasteiger partial charge in [0.1, 0.15) is 0 Å². The van der Waals surface area contributed by atoms with E-state index < -0.39 is 0 Å². The maximum Gasteiger partial charge on any atom is 0.0814 e. The Labute approximate surface area is 89.7 Å². The first-order chi connectivity index (χ1) is 6.56. The summed E-state index contributed by atoms with van der Waals surface area (Å²) in [5.74, 6) is 0.289. The molecular formula is C10H17ClN2O. The Morgan fingerprint density at radius 3 is 2.71 bits per heavy atom. The minimum absolute atomic E-state index is 0.289. The maximum atomic E-state index is 9.80. The van der Waals surface area contributed by atoms with Crippen LogP contribution in [0.15, 0.2) is 6.20 Å². The van der Waals surface area contributed by atoms with Gasteiger partial charge in [0.25, 0.3) is 0 Å². The Kier molecular flexibility index (Phi) is 3.96. The Morgan fingerprint density at radius 1 is 1.64 bits per heavy atom. The third-order valence-electron chi connectivity index (χ3n) is 2.70. The van der Waals surface area contributed by atoms with E-state index in [4.69, 9.17) is 11.6 Å². The van der Waals surface area contributed by atoms with Crippen molar-refractivity contribution >= 4 is 11.6 Å². The van der Waals surface area contributed by atoms with Crippen LogP contribution in [0.25, 0.3) is 0 Å². The molecule has 0 aliphatic heterocycles. The van der Waals surface area contributed by atoms with E-state index in [2.05, 4.69) is 12.0 Å². The minimum Gasteiger partial charge on any atom is -0.391 e. The van der Waals surface area contributed by atoms with E-state index >= 15 is 0 Å². The third kappa shape index (κ3) is 2.49. The summed E-state index contributed by atoms with van der Waals surface area (Å²) < 4.78 is 1.75. The average Bonchev–Trinajstić information content (AvgIpc) is 2.48. The van der Waals surface area contributed by atoms with Gasteiger partial charge < -0.3 is 5.11 Å². The van der Waals surface area contributed by atoms with Crippen molar-refractivity contribution in [2.24, 2.45) is 5.92 Å². The van der Waals surface area contributed by atoms with Gasteiger partial charge in [-0.1, -0.05) is 31.9 Å². The lowest BCUT2D eigenvalue weighted by atomic mass is 10.0. The van der Waals surface area contributed by atoms with Crippen molar-refractivity contribution in [1.82, 2.24) is 9.78 Å². The molecule has 0 aromatic carbocycles. The van der Waals surface area contributed by atoms with Gasteiger partial charge in [-0.05, 0) is 12.8 Å². The molecule has 0 bridgehead atoms. The summed E-state index contributed by atoms with van der Waals surface area (Å²) in [5.41, 5.74) is 0.911. The highest BCUT2D eigenvalue weighted by Gasteiger charge is 2.14. The van der Waals surface area contributed by atoms with Crippen LogP contribution in [0.5, 0.6) is 0 Å². The Balaban J connectivity index is 2.64. The van der Waals surface area contributed by atoms with Crippen molar-refractivity contribution in [1.29, 1.82) is 0 Å². The molecule has 0 fully saturated rings. The molecule has 0 aliphatic carbocycles. The quantitative estimate of drug-likeness (QED) is 0.839. The fourth-order valence-electron chi connectivity index (χ4n) is 1.24. The monoisotopic (exact) mass is 216 g/mol. The van der Waals surface area contributed by atoms with Crippen LogP contribution in [-0.4, -0.2) is 21.0 Å². The largest absolute Gasteiger partial charge is 0.391 e. The molecule has 4 heteroatoms. The summed E-state index contributed by atoms with van der Waals surface area (Å²) >= 11 is 5.86. The van der Waals surface area contributed by atoms with E-state index in [0.717, 1.165) is 12.1 Å². The topological polar surface area (TPSA) is 38.0 Å². The van der Waals surface area contributed by atoms with Gasteiger partial charge in [-0.2, -0.15) is 5.10 Å². The van der Waals surface area contributed by atoms with Gasteiger partial charge in [0.05, 0.1) is 29.6 Å². The molecule has 80 valence electrons. The number of hydrogen-bond acceptors (Lipinski definition) is 2. The highest BCUT2D eigenvalue weighted by atomic mass is 35.5. The number of aromatic nitrogens is 2. The van der Waals surface area contributed by atoms with E-state index in [1.165, 1.54) is 0 Å². The molecule has 3 nitrogen and oxygen atoms in total. The molecule has 2 unspecified atom stereocenters. The van der Waals surface area contributed by atoms with E-state index in [9.17, 15) is 5.11 Å². The first-order valence-electron chi connectivity index (χ1n) is 4.92. The van der Waals surface area contributed by atoms with Gasteiger partial charge >= 0.3 is 0 Å². The number of nitrogens with zero attached hydrogens (tertiary/aromatic N) is 2. The molecule has 1 N–H and O–H groups in total. The van der Waals surface area contributed by atoms with Gasteiger partial charge in [0.2, 0.25) is 0 Å². The van der Waals surface area contributed by atoms with Crippen molar-refractivity contribution in [2.45, 2.75) is 39.8 Å². The van der Waals surface area contributed by atoms with E-state index in [1.807, 2.05) is 13.8 Å². The van der Waals surface area contributed by atoms with Crippen LogP contribution in [0, 0.1) is 12.8 Å². The molecule has 0 saturated heterocycles. The van der Waals surface area contributed by atoms with Gasteiger partial charge in [-0.3, -0.25) is 4.68 Å².